The molecule has 0 unspecified atom stereocenters. The first kappa shape index (κ1) is 21.9. The maximum absolute atomic E-state index is 10.5. The molecule has 0 amide bonds. The Balaban J connectivity index is 1.20. The first-order chi connectivity index (χ1) is 15.1. The molecule has 2 aromatic carbocycles. The number of hydrogen-bond acceptors (Lipinski definition) is 6. The lowest BCUT2D eigenvalue weighted by Gasteiger charge is -2.35. The number of ether oxygens (including phenoxy) is 3. The third-order valence-electron chi connectivity index (χ3n) is 6.27. The number of rotatable bonds is 9. The van der Waals surface area contributed by atoms with Crippen molar-refractivity contribution >= 4 is 0 Å². The molecule has 6 nitrogen and oxygen atoms in total. The van der Waals surface area contributed by atoms with Crippen LogP contribution in [0.15, 0.2) is 42.5 Å². The van der Waals surface area contributed by atoms with E-state index in [9.17, 15) is 5.11 Å². The predicted octanol–water partition coefficient (Wildman–Crippen LogP) is 3.49. The van der Waals surface area contributed by atoms with Crippen molar-refractivity contribution < 1.29 is 19.3 Å². The fraction of sp³-hybridized carbons (Fsp3) is 0.520. The first-order valence-electron chi connectivity index (χ1n) is 11.4. The zero-order valence-electron chi connectivity index (χ0n) is 18.6. The molecular weight excluding hydrogens is 392 g/mol. The molecule has 1 fully saturated rings. The number of β-amino-alcohol motifs (C(OH)–C–C–N with tert-alkyl or cyclic N) is 1. The Hall–Kier alpha value is -2.28. The average molecular weight is 427 g/mol. The fourth-order valence-electron chi connectivity index (χ4n) is 4.20. The Kier molecular flexibility index (Phi) is 7.33. The molecule has 2 aliphatic rings. The van der Waals surface area contributed by atoms with Gasteiger partial charge >= 0.3 is 0 Å². The topological polar surface area (TPSA) is 54.4 Å². The van der Waals surface area contributed by atoms with Crippen LogP contribution in [0.3, 0.4) is 0 Å². The predicted molar refractivity (Wildman–Crippen MR) is 121 cm³/mol. The lowest BCUT2D eigenvalue weighted by atomic mass is 9.98. The molecule has 6 heteroatoms. The molecule has 1 saturated heterocycles. The smallest absolute Gasteiger partial charge is 0.231 e. The van der Waals surface area contributed by atoms with Crippen LogP contribution in [0.4, 0.5) is 0 Å². The summed E-state index contributed by atoms with van der Waals surface area (Å²) in [4.78, 5) is 4.77. The van der Waals surface area contributed by atoms with Crippen molar-refractivity contribution in [3.63, 3.8) is 0 Å². The largest absolute Gasteiger partial charge is 0.491 e. The van der Waals surface area contributed by atoms with E-state index in [1.807, 2.05) is 24.3 Å². The van der Waals surface area contributed by atoms with Crippen molar-refractivity contribution in [2.24, 2.45) is 0 Å². The Labute approximate surface area is 185 Å². The van der Waals surface area contributed by atoms with E-state index >= 15 is 0 Å². The minimum atomic E-state index is -0.495. The minimum Gasteiger partial charge on any atom is -0.491 e. The van der Waals surface area contributed by atoms with E-state index in [1.165, 1.54) is 11.1 Å². The SMILES string of the molecule is CC[C@@H](C)c1ccccc1OC[C@H](O)CN1CCN(Cc2ccc3c(c2)OCO3)CC1. The van der Waals surface area contributed by atoms with E-state index in [1.54, 1.807) is 0 Å². The number of piperazine rings is 1. The highest BCUT2D eigenvalue weighted by molar-refractivity contribution is 5.44. The van der Waals surface area contributed by atoms with Gasteiger partial charge in [0.15, 0.2) is 11.5 Å². The van der Waals surface area contributed by atoms with Crippen LogP contribution in [0, 0.1) is 0 Å². The maximum Gasteiger partial charge on any atom is 0.231 e. The Morgan fingerprint density at radius 3 is 2.55 bits per heavy atom. The summed E-state index contributed by atoms with van der Waals surface area (Å²) in [6.07, 6.45) is 0.574. The second-order valence-electron chi connectivity index (χ2n) is 8.58. The van der Waals surface area contributed by atoms with Crippen molar-refractivity contribution in [2.75, 3.05) is 46.1 Å². The lowest BCUT2D eigenvalue weighted by Crippen LogP contribution is -2.48. The molecule has 168 valence electrons. The van der Waals surface area contributed by atoms with Crippen LogP contribution in [0.5, 0.6) is 17.2 Å². The van der Waals surface area contributed by atoms with Gasteiger partial charge in [0.05, 0.1) is 0 Å². The van der Waals surface area contributed by atoms with Gasteiger partial charge < -0.3 is 19.3 Å². The number of para-hydroxylation sites is 1. The van der Waals surface area contributed by atoms with Crippen molar-refractivity contribution in [3.05, 3.63) is 53.6 Å². The van der Waals surface area contributed by atoms with Gasteiger partial charge in [0, 0.05) is 39.3 Å². The van der Waals surface area contributed by atoms with Gasteiger partial charge in [-0.3, -0.25) is 9.80 Å². The second kappa shape index (κ2) is 10.4. The molecule has 2 heterocycles. The molecule has 0 aromatic heterocycles. The third kappa shape index (κ3) is 5.70. The van der Waals surface area contributed by atoms with E-state index in [2.05, 4.69) is 41.8 Å². The van der Waals surface area contributed by atoms with Crippen LogP contribution < -0.4 is 14.2 Å². The first-order valence-corrected chi connectivity index (χ1v) is 11.4. The lowest BCUT2D eigenvalue weighted by molar-refractivity contribution is 0.0443. The minimum absolute atomic E-state index is 0.312. The molecule has 0 saturated carbocycles. The molecule has 0 aliphatic carbocycles. The van der Waals surface area contributed by atoms with Crippen LogP contribution in [-0.2, 0) is 6.54 Å². The summed E-state index contributed by atoms with van der Waals surface area (Å²) >= 11 is 0. The number of fused-ring (bicyclic) bond motifs is 1. The van der Waals surface area contributed by atoms with E-state index in [-0.39, 0.29) is 0 Å². The number of aliphatic hydroxyl groups excluding tert-OH is 1. The van der Waals surface area contributed by atoms with E-state index in [0.29, 0.717) is 25.9 Å². The van der Waals surface area contributed by atoms with Crippen LogP contribution in [0.25, 0.3) is 0 Å². The molecule has 31 heavy (non-hydrogen) atoms. The van der Waals surface area contributed by atoms with E-state index < -0.39 is 6.10 Å². The molecule has 0 bridgehead atoms. The summed E-state index contributed by atoms with van der Waals surface area (Å²) in [5.74, 6) is 3.02. The van der Waals surface area contributed by atoms with Gasteiger partial charge in [-0.2, -0.15) is 0 Å². The van der Waals surface area contributed by atoms with Crippen molar-refractivity contribution in [1.82, 2.24) is 9.80 Å². The number of hydrogen-bond donors (Lipinski definition) is 1. The molecule has 0 spiro atoms. The summed E-state index contributed by atoms with van der Waals surface area (Å²) in [6.45, 7) is 10.4. The Bertz CT molecular complexity index is 851. The standard InChI is InChI=1S/C25H34N2O4/c1-3-19(2)22-6-4-5-7-23(22)29-17-21(28)16-27-12-10-26(11-13-27)15-20-8-9-24-25(14-20)31-18-30-24/h4-9,14,19,21,28H,3,10-13,15-18H2,1-2H3/t19-,21-/m1/s1. The molecular formula is C25H34N2O4. The fourth-order valence-corrected chi connectivity index (χ4v) is 4.20. The van der Waals surface area contributed by atoms with Gasteiger partial charge in [-0.1, -0.05) is 38.1 Å². The van der Waals surface area contributed by atoms with Crippen molar-refractivity contribution in [2.45, 2.75) is 38.8 Å². The summed E-state index contributed by atoms with van der Waals surface area (Å²) in [7, 11) is 0. The zero-order chi connectivity index (χ0) is 21.6. The summed E-state index contributed by atoms with van der Waals surface area (Å²) in [5, 5.41) is 10.5. The summed E-state index contributed by atoms with van der Waals surface area (Å²) in [5.41, 5.74) is 2.46. The third-order valence-corrected chi connectivity index (χ3v) is 6.27. The molecule has 0 radical (unpaired) electrons. The van der Waals surface area contributed by atoms with E-state index in [4.69, 9.17) is 14.2 Å². The van der Waals surface area contributed by atoms with Crippen molar-refractivity contribution in [3.8, 4) is 17.2 Å². The quantitative estimate of drug-likeness (QED) is 0.663. The number of nitrogens with zero attached hydrogens (tertiary/aromatic N) is 2. The van der Waals surface area contributed by atoms with E-state index in [0.717, 1.165) is 56.4 Å². The zero-order valence-corrected chi connectivity index (χ0v) is 18.6. The number of aliphatic hydroxyl groups is 1. The monoisotopic (exact) mass is 426 g/mol. The van der Waals surface area contributed by atoms with Gasteiger partial charge in [0.25, 0.3) is 0 Å². The highest BCUT2D eigenvalue weighted by atomic mass is 16.7. The van der Waals surface area contributed by atoms with Gasteiger partial charge in [-0.05, 0) is 41.7 Å². The molecule has 1 N–H and O–H groups in total. The molecule has 2 aliphatic heterocycles. The maximum atomic E-state index is 10.5. The average Bonchev–Trinajstić information content (AvgIpc) is 3.26. The Morgan fingerprint density at radius 2 is 1.74 bits per heavy atom. The molecule has 4 rings (SSSR count). The highest BCUT2D eigenvalue weighted by Gasteiger charge is 2.21. The molecule has 2 aromatic rings. The van der Waals surface area contributed by atoms with Crippen LogP contribution >= 0.6 is 0 Å². The van der Waals surface area contributed by atoms with Crippen LogP contribution in [0.1, 0.15) is 37.3 Å². The van der Waals surface area contributed by atoms with Gasteiger partial charge in [-0.15, -0.1) is 0 Å². The van der Waals surface area contributed by atoms with Gasteiger partial charge in [-0.25, -0.2) is 0 Å². The Morgan fingerprint density at radius 1 is 1.00 bits per heavy atom. The normalized spacial score (nSPS) is 18.7. The van der Waals surface area contributed by atoms with Crippen LogP contribution in [0.2, 0.25) is 0 Å². The van der Waals surface area contributed by atoms with Crippen molar-refractivity contribution in [1.29, 1.82) is 0 Å². The summed E-state index contributed by atoms with van der Waals surface area (Å²) < 4.78 is 16.9. The van der Waals surface area contributed by atoms with Gasteiger partial charge in [0.1, 0.15) is 18.5 Å². The summed E-state index contributed by atoms with van der Waals surface area (Å²) in [6, 6.07) is 14.3. The molecule has 2 atom stereocenters. The second-order valence-corrected chi connectivity index (χ2v) is 8.58. The van der Waals surface area contributed by atoms with Crippen LogP contribution in [-0.4, -0.2) is 67.1 Å². The highest BCUT2D eigenvalue weighted by Crippen LogP contribution is 2.33. The van der Waals surface area contributed by atoms with Gasteiger partial charge in [0.2, 0.25) is 6.79 Å². The number of benzene rings is 2.